The van der Waals surface area contributed by atoms with Crippen LogP contribution in [-0.4, -0.2) is 26.3 Å². The first-order valence-corrected chi connectivity index (χ1v) is 22.0. The Bertz CT molecular complexity index is 2350. The van der Waals surface area contributed by atoms with E-state index >= 15 is 0 Å². The molecule has 55 heavy (non-hydrogen) atoms. The number of benzene rings is 4. The lowest BCUT2D eigenvalue weighted by atomic mass is 10.0. The molecule has 0 N–H and O–H groups in total. The Morgan fingerprint density at radius 2 is 0.745 bits per heavy atom. The zero-order valence-corrected chi connectivity index (χ0v) is 33.9. The predicted molar refractivity (Wildman–Crippen MR) is 236 cm³/mol. The minimum atomic E-state index is 0.715. The third-order valence-electron chi connectivity index (χ3n) is 12.3. The second-order valence-electron chi connectivity index (χ2n) is 16.2. The normalized spacial score (nSPS) is 12.1. The molecular formula is C50H63N3O2. The maximum absolute atomic E-state index is 12.4. The Labute approximate surface area is 328 Å². The molecule has 0 aliphatic rings. The topological polar surface area (TPSA) is 48.9 Å². The maximum atomic E-state index is 12.4. The summed E-state index contributed by atoms with van der Waals surface area (Å²) >= 11 is 0. The number of hydrogen-bond donors (Lipinski definition) is 0. The number of unbranched alkanes of at least 4 members (excludes halogenated alkanes) is 15. The molecule has 0 saturated carbocycles. The summed E-state index contributed by atoms with van der Waals surface area (Å²) in [7, 11) is 0. The van der Waals surface area contributed by atoms with Gasteiger partial charge in [-0.1, -0.05) is 135 Å². The minimum absolute atomic E-state index is 0.715. The van der Waals surface area contributed by atoms with E-state index in [2.05, 4.69) is 83.0 Å². The van der Waals surface area contributed by atoms with Gasteiger partial charge < -0.3 is 13.7 Å². The second-order valence-corrected chi connectivity index (χ2v) is 16.2. The average Bonchev–Trinajstić information content (AvgIpc) is 3.83. The SMILES string of the molecule is CCCCCCCCn1c2ccccc2c2c1c1c3cc(C=O)ccc3n(CCCCCCCC)c1c1c3cc(C=O)ccc3n(CCCCCCCC)c21. The average molecular weight is 738 g/mol. The van der Waals surface area contributed by atoms with Crippen molar-refractivity contribution in [2.45, 2.75) is 156 Å². The molecule has 5 heteroatoms. The first-order valence-electron chi connectivity index (χ1n) is 22.0. The van der Waals surface area contributed by atoms with E-state index in [1.165, 1.54) is 151 Å². The van der Waals surface area contributed by atoms with Crippen LogP contribution in [0.25, 0.3) is 65.4 Å². The van der Waals surface area contributed by atoms with Gasteiger partial charge in [-0.25, -0.2) is 0 Å². The van der Waals surface area contributed by atoms with Gasteiger partial charge in [0.2, 0.25) is 0 Å². The molecule has 7 aromatic rings. The van der Waals surface area contributed by atoms with E-state index in [9.17, 15) is 9.59 Å². The van der Waals surface area contributed by atoms with E-state index in [1.54, 1.807) is 0 Å². The van der Waals surface area contributed by atoms with E-state index in [0.29, 0.717) is 11.1 Å². The number of fused-ring (bicyclic) bond motifs is 12. The van der Waals surface area contributed by atoms with E-state index < -0.39 is 0 Å². The molecule has 0 spiro atoms. The van der Waals surface area contributed by atoms with Crippen LogP contribution in [0.1, 0.15) is 157 Å². The van der Waals surface area contributed by atoms with Crippen LogP contribution in [0.4, 0.5) is 0 Å². The number of para-hydroxylation sites is 1. The standard InChI is InChI=1S/C50H63N3O2/c1-4-7-10-13-16-21-30-51-42-25-20-19-24-39(42)45-48(51)46-41-34-38(36-55)27-29-44(41)53(32-23-18-15-12-9-6-3)50(46)47-40-33-37(35-54)26-28-43(40)52(49(45)47)31-22-17-14-11-8-5-2/h19-20,24-29,33-36H,4-18,21-23,30-32H2,1-3H3. The van der Waals surface area contributed by atoms with Crippen molar-refractivity contribution in [2.24, 2.45) is 0 Å². The number of aryl methyl sites for hydroxylation is 3. The Kier molecular flexibility index (Phi) is 13.1. The molecule has 0 atom stereocenters. The van der Waals surface area contributed by atoms with Gasteiger partial charge in [-0.15, -0.1) is 0 Å². The minimum Gasteiger partial charge on any atom is -0.340 e. The van der Waals surface area contributed by atoms with Gasteiger partial charge >= 0.3 is 0 Å². The molecule has 3 aromatic heterocycles. The Hall–Kier alpha value is -4.38. The van der Waals surface area contributed by atoms with Gasteiger partial charge in [-0.2, -0.15) is 0 Å². The summed E-state index contributed by atoms with van der Waals surface area (Å²) in [4.78, 5) is 24.8. The van der Waals surface area contributed by atoms with E-state index in [1.807, 2.05) is 12.1 Å². The largest absolute Gasteiger partial charge is 0.340 e. The smallest absolute Gasteiger partial charge is 0.150 e. The lowest BCUT2D eigenvalue weighted by Crippen LogP contribution is -2.02. The summed E-state index contributed by atoms with van der Waals surface area (Å²) in [5.74, 6) is 0. The highest BCUT2D eigenvalue weighted by molar-refractivity contribution is 6.39. The lowest BCUT2D eigenvalue weighted by Gasteiger charge is -2.13. The molecule has 0 aliphatic carbocycles. The molecule has 0 fully saturated rings. The highest BCUT2D eigenvalue weighted by Crippen LogP contribution is 2.48. The highest BCUT2D eigenvalue weighted by Gasteiger charge is 2.27. The van der Waals surface area contributed by atoms with Crippen molar-refractivity contribution in [3.8, 4) is 0 Å². The van der Waals surface area contributed by atoms with Gasteiger partial charge in [0.15, 0.2) is 0 Å². The first-order chi connectivity index (χ1) is 27.2. The zero-order chi connectivity index (χ0) is 38.1. The van der Waals surface area contributed by atoms with Crippen molar-refractivity contribution in [3.05, 3.63) is 71.8 Å². The quantitative estimate of drug-likeness (QED) is 0.0485. The van der Waals surface area contributed by atoms with Crippen LogP contribution in [0.15, 0.2) is 60.7 Å². The molecule has 0 saturated heterocycles. The summed E-state index contributed by atoms with van der Waals surface area (Å²) in [6, 6.07) is 21.7. The van der Waals surface area contributed by atoms with Gasteiger partial charge in [0.1, 0.15) is 12.6 Å². The fourth-order valence-electron chi connectivity index (χ4n) is 9.54. The van der Waals surface area contributed by atoms with E-state index in [0.717, 1.165) is 62.2 Å². The van der Waals surface area contributed by atoms with Crippen LogP contribution in [0, 0.1) is 0 Å². The molecule has 4 aromatic carbocycles. The van der Waals surface area contributed by atoms with Crippen molar-refractivity contribution in [2.75, 3.05) is 0 Å². The predicted octanol–water partition coefficient (Wildman–Crippen LogP) is 14.7. The third-order valence-corrected chi connectivity index (χ3v) is 12.3. The summed E-state index contributed by atoms with van der Waals surface area (Å²) in [6.45, 7) is 9.67. The van der Waals surface area contributed by atoms with Gasteiger partial charge in [0.25, 0.3) is 0 Å². The fourth-order valence-corrected chi connectivity index (χ4v) is 9.54. The molecule has 0 bridgehead atoms. The van der Waals surface area contributed by atoms with Crippen LogP contribution in [0.3, 0.4) is 0 Å². The number of aldehydes is 2. The van der Waals surface area contributed by atoms with Crippen LogP contribution >= 0.6 is 0 Å². The third kappa shape index (κ3) is 7.73. The van der Waals surface area contributed by atoms with Gasteiger partial charge in [-0.3, -0.25) is 9.59 Å². The van der Waals surface area contributed by atoms with Crippen molar-refractivity contribution in [3.63, 3.8) is 0 Å². The molecule has 290 valence electrons. The lowest BCUT2D eigenvalue weighted by molar-refractivity contribution is 0.111. The van der Waals surface area contributed by atoms with Crippen LogP contribution < -0.4 is 0 Å². The number of hydrogen-bond acceptors (Lipinski definition) is 2. The van der Waals surface area contributed by atoms with Gasteiger partial charge in [0, 0.05) is 79.6 Å². The summed E-state index contributed by atoms with van der Waals surface area (Å²) in [6.07, 6.45) is 24.3. The number of aromatic nitrogens is 3. The van der Waals surface area contributed by atoms with Gasteiger partial charge in [0.05, 0.1) is 16.6 Å². The molecular weight excluding hydrogens is 675 g/mol. The molecule has 0 aliphatic heterocycles. The van der Waals surface area contributed by atoms with Gasteiger partial charge in [-0.05, 0) is 61.7 Å². The fraction of sp³-hybridized carbons (Fsp3) is 0.480. The molecule has 0 unspecified atom stereocenters. The number of rotatable bonds is 23. The second kappa shape index (κ2) is 18.5. The summed E-state index contributed by atoms with van der Waals surface area (Å²) < 4.78 is 7.85. The van der Waals surface area contributed by atoms with Crippen molar-refractivity contribution in [1.82, 2.24) is 13.7 Å². The van der Waals surface area contributed by atoms with Crippen molar-refractivity contribution >= 4 is 78.0 Å². The number of carbonyl (C=O) groups excluding carboxylic acids is 2. The molecule has 7 rings (SSSR count). The molecule has 0 amide bonds. The Morgan fingerprint density at radius 1 is 0.400 bits per heavy atom. The Morgan fingerprint density at radius 3 is 1.15 bits per heavy atom. The monoisotopic (exact) mass is 737 g/mol. The Balaban J connectivity index is 1.56. The molecule has 0 radical (unpaired) electrons. The zero-order valence-electron chi connectivity index (χ0n) is 33.9. The van der Waals surface area contributed by atoms with E-state index in [-0.39, 0.29) is 0 Å². The first kappa shape index (κ1) is 38.9. The van der Waals surface area contributed by atoms with Crippen LogP contribution in [-0.2, 0) is 19.6 Å². The van der Waals surface area contributed by atoms with Crippen LogP contribution in [0.2, 0.25) is 0 Å². The summed E-state index contributed by atoms with van der Waals surface area (Å²) in [5.41, 5.74) is 8.98. The maximum Gasteiger partial charge on any atom is 0.150 e. The van der Waals surface area contributed by atoms with Crippen molar-refractivity contribution < 1.29 is 9.59 Å². The van der Waals surface area contributed by atoms with Crippen LogP contribution in [0.5, 0.6) is 0 Å². The summed E-state index contributed by atoms with van der Waals surface area (Å²) in [5, 5.41) is 7.44. The number of nitrogens with zero attached hydrogens (tertiary/aromatic N) is 3. The highest BCUT2D eigenvalue weighted by atomic mass is 16.1. The molecule has 5 nitrogen and oxygen atoms in total. The van der Waals surface area contributed by atoms with E-state index in [4.69, 9.17) is 0 Å². The van der Waals surface area contributed by atoms with Crippen molar-refractivity contribution in [1.29, 1.82) is 0 Å². The molecule has 3 heterocycles. The number of carbonyl (C=O) groups is 2.